The van der Waals surface area contributed by atoms with Crippen molar-refractivity contribution in [1.29, 1.82) is 0 Å². The highest BCUT2D eigenvalue weighted by Crippen LogP contribution is 2.45. The van der Waals surface area contributed by atoms with Crippen molar-refractivity contribution in [3.05, 3.63) is 288 Å². The Balaban J connectivity index is 0.939. The number of fused-ring (bicyclic) bond motifs is 6. The van der Waals surface area contributed by atoms with Crippen LogP contribution in [0, 0.1) is 19.8 Å². The van der Waals surface area contributed by atoms with Gasteiger partial charge >= 0.3 is 0 Å². The molecule has 1 unspecified atom stereocenters. The molecule has 10 aromatic rings. The maximum absolute atomic E-state index is 3.39. The Bertz CT molecular complexity index is 4020. The van der Waals surface area contributed by atoms with Crippen molar-refractivity contribution in [2.45, 2.75) is 26.7 Å². The quantitative estimate of drug-likeness (QED) is 0.145. The van der Waals surface area contributed by atoms with Gasteiger partial charge in [0.2, 0.25) is 0 Å². The highest BCUT2D eigenvalue weighted by molar-refractivity contribution is 6.00. The molecule has 348 valence electrons. The van der Waals surface area contributed by atoms with E-state index >= 15 is 0 Å². The standard InChI is InChI=1S/C71H54N2/c1-48-60(41-44-68-62(48)40-34-52(50-17-8-5-9-18-50)25-16-46-72(68)58-36-30-55(31-37-58)65-28-14-23-53-21-10-12-26-63(53)65)61-42-45-70-71(49(61)2)67-47-57(51-19-6-3-4-7-20-51)35-43-69(67)73(70)59-38-32-56(33-39-59)66-29-15-24-54-22-11-13-27-64(54)66/h3-6,8-39,41-45,57H,40,46-47H2,1-2H3/b25-16-,52-34+. The lowest BCUT2D eigenvalue weighted by molar-refractivity contribution is 0.764. The third kappa shape index (κ3) is 7.94. The SMILES string of the molecule is Cc1c(-c2ccc3c(c2C)c2c(n3-c3ccc(-c4cccc5ccccc45)cc3)C=CC(C3=CC=CC=C=C3)C2)ccc2c1C/C=C(c1ccccc1)\C=C/CN2c1ccc(-c2cccc3ccccc23)cc1. The highest BCUT2D eigenvalue weighted by atomic mass is 15.1. The zero-order chi connectivity index (χ0) is 48.8. The number of nitrogens with zero attached hydrogens (tertiary/aromatic N) is 2. The minimum Gasteiger partial charge on any atom is -0.337 e. The molecule has 0 N–H and O–H groups in total. The van der Waals surface area contributed by atoms with Crippen molar-refractivity contribution < 1.29 is 0 Å². The summed E-state index contributed by atoms with van der Waals surface area (Å²) in [6, 6.07) is 69.3. The zero-order valence-corrected chi connectivity index (χ0v) is 41.3. The molecule has 0 fully saturated rings. The maximum Gasteiger partial charge on any atom is 0.0540 e. The molecule has 0 radical (unpaired) electrons. The largest absolute Gasteiger partial charge is 0.337 e. The lowest BCUT2D eigenvalue weighted by Crippen LogP contribution is -2.19. The highest BCUT2D eigenvalue weighted by Gasteiger charge is 2.27. The number of hydrogen-bond donors (Lipinski definition) is 0. The number of allylic oxidation sites excluding steroid dienone is 9. The van der Waals surface area contributed by atoms with Crippen molar-refractivity contribution in [1.82, 2.24) is 4.57 Å². The zero-order valence-electron chi connectivity index (χ0n) is 41.3. The molecule has 1 aromatic heterocycles. The molecule has 3 aliphatic rings. The monoisotopic (exact) mass is 934 g/mol. The van der Waals surface area contributed by atoms with Crippen LogP contribution in [-0.4, -0.2) is 11.1 Å². The molecule has 0 spiro atoms. The minimum absolute atomic E-state index is 0.236. The number of anilines is 2. The fourth-order valence-electron chi connectivity index (χ4n) is 11.9. The van der Waals surface area contributed by atoms with Gasteiger partial charge in [-0.25, -0.2) is 0 Å². The Morgan fingerprint density at radius 2 is 1.16 bits per heavy atom. The first-order valence-corrected chi connectivity index (χ1v) is 25.7. The average molecular weight is 935 g/mol. The van der Waals surface area contributed by atoms with Crippen LogP contribution in [0.15, 0.2) is 254 Å². The summed E-state index contributed by atoms with van der Waals surface area (Å²) in [6.45, 7) is 5.45. The Morgan fingerprint density at radius 3 is 1.89 bits per heavy atom. The molecule has 0 bridgehead atoms. The van der Waals surface area contributed by atoms with Gasteiger partial charge in [-0.2, -0.15) is 0 Å². The molecule has 2 heterocycles. The van der Waals surface area contributed by atoms with E-state index in [1.54, 1.807) is 0 Å². The molecule has 0 saturated carbocycles. The number of benzene rings is 9. The predicted molar refractivity (Wildman–Crippen MR) is 311 cm³/mol. The van der Waals surface area contributed by atoms with E-state index in [4.69, 9.17) is 0 Å². The van der Waals surface area contributed by atoms with Crippen LogP contribution in [0.2, 0.25) is 0 Å². The predicted octanol–water partition coefficient (Wildman–Crippen LogP) is 18.3. The molecule has 2 nitrogen and oxygen atoms in total. The van der Waals surface area contributed by atoms with Gasteiger partial charge in [0.05, 0.1) is 5.52 Å². The van der Waals surface area contributed by atoms with Gasteiger partial charge in [0.25, 0.3) is 0 Å². The second kappa shape index (κ2) is 18.7. The van der Waals surface area contributed by atoms with Crippen molar-refractivity contribution in [3.8, 4) is 39.1 Å². The van der Waals surface area contributed by atoms with Gasteiger partial charge in [-0.15, -0.1) is 5.73 Å². The summed E-state index contributed by atoms with van der Waals surface area (Å²) in [4.78, 5) is 2.50. The second-order valence-corrected chi connectivity index (χ2v) is 19.7. The molecule has 13 rings (SSSR count). The fourth-order valence-corrected chi connectivity index (χ4v) is 11.9. The van der Waals surface area contributed by atoms with E-state index in [-0.39, 0.29) is 5.92 Å². The average Bonchev–Trinajstić information content (AvgIpc) is 3.59. The number of rotatable bonds is 7. The molecule has 0 amide bonds. The molecule has 0 saturated heterocycles. The van der Waals surface area contributed by atoms with E-state index in [1.165, 1.54) is 122 Å². The van der Waals surface area contributed by atoms with E-state index in [0.717, 1.165) is 25.1 Å². The van der Waals surface area contributed by atoms with Crippen LogP contribution >= 0.6 is 0 Å². The van der Waals surface area contributed by atoms with Crippen molar-refractivity contribution in [2.24, 2.45) is 5.92 Å². The minimum atomic E-state index is 0.236. The van der Waals surface area contributed by atoms with E-state index in [9.17, 15) is 0 Å². The molecule has 9 aromatic carbocycles. The summed E-state index contributed by atoms with van der Waals surface area (Å²) in [6.07, 6.45) is 24.2. The lowest BCUT2D eigenvalue weighted by atomic mass is 9.84. The Kier molecular flexibility index (Phi) is 11.3. The Hall–Kier alpha value is -8.94. The molecule has 73 heavy (non-hydrogen) atoms. The summed E-state index contributed by atoms with van der Waals surface area (Å²) in [5.41, 5.74) is 26.1. The van der Waals surface area contributed by atoms with E-state index < -0.39 is 0 Å². The van der Waals surface area contributed by atoms with Gasteiger partial charge in [-0.05, 0) is 175 Å². The smallest absolute Gasteiger partial charge is 0.0540 e. The van der Waals surface area contributed by atoms with Gasteiger partial charge < -0.3 is 9.47 Å². The normalized spacial score (nSPS) is 16.3. The number of aromatic nitrogens is 1. The first-order valence-electron chi connectivity index (χ1n) is 25.7. The first kappa shape index (κ1) is 44.0. The fraction of sp³-hybridized carbons (Fsp3) is 0.0845. The summed E-state index contributed by atoms with van der Waals surface area (Å²) >= 11 is 0. The number of aryl methyl sites for hydroxylation is 1. The molecule has 2 aliphatic carbocycles. The molecule has 2 heteroatoms. The summed E-state index contributed by atoms with van der Waals surface area (Å²) in [5.74, 6) is 0.236. The van der Waals surface area contributed by atoms with Gasteiger partial charge in [0, 0.05) is 40.6 Å². The molecule has 1 atom stereocenters. The topological polar surface area (TPSA) is 8.17 Å². The van der Waals surface area contributed by atoms with Crippen molar-refractivity contribution in [2.75, 3.05) is 11.4 Å². The van der Waals surface area contributed by atoms with Crippen molar-refractivity contribution in [3.63, 3.8) is 0 Å². The third-order valence-electron chi connectivity index (χ3n) is 15.6. The second-order valence-electron chi connectivity index (χ2n) is 19.7. The molecular formula is C71H54N2. The van der Waals surface area contributed by atoms with Crippen LogP contribution in [0.4, 0.5) is 11.4 Å². The molecule has 1 aliphatic heterocycles. The first-order chi connectivity index (χ1) is 36.1. The number of hydrogen-bond acceptors (Lipinski definition) is 1. The van der Waals surface area contributed by atoms with Gasteiger partial charge in [0.15, 0.2) is 0 Å². The third-order valence-corrected chi connectivity index (χ3v) is 15.6. The van der Waals surface area contributed by atoms with Crippen molar-refractivity contribution >= 4 is 55.5 Å². The molecular weight excluding hydrogens is 881 g/mol. The van der Waals surface area contributed by atoms with Crippen LogP contribution in [0.1, 0.15) is 33.5 Å². The van der Waals surface area contributed by atoms with Crippen LogP contribution in [0.3, 0.4) is 0 Å². The van der Waals surface area contributed by atoms with E-state index in [0.29, 0.717) is 0 Å². The lowest BCUT2D eigenvalue weighted by Gasteiger charge is -2.28. The maximum atomic E-state index is 3.39. The van der Waals surface area contributed by atoms with Gasteiger partial charge in [-0.1, -0.05) is 194 Å². The summed E-state index contributed by atoms with van der Waals surface area (Å²) < 4.78 is 2.50. The van der Waals surface area contributed by atoms with Gasteiger partial charge in [0.1, 0.15) is 0 Å². The van der Waals surface area contributed by atoms with Crippen LogP contribution in [0.5, 0.6) is 0 Å². The summed E-state index contributed by atoms with van der Waals surface area (Å²) in [5, 5.41) is 6.40. The Labute approximate surface area is 428 Å². The van der Waals surface area contributed by atoms with Gasteiger partial charge in [-0.3, -0.25) is 0 Å². The van der Waals surface area contributed by atoms with E-state index in [1.807, 2.05) is 6.08 Å². The Morgan fingerprint density at radius 1 is 0.521 bits per heavy atom. The van der Waals surface area contributed by atoms with E-state index in [2.05, 4.69) is 272 Å². The summed E-state index contributed by atoms with van der Waals surface area (Å²) in [7, 11) is 0. The van der Waals surface area contributed by atoms with Crippen LogP contribution in [-0.2, 0) is 12.8 Å². The van der Waals surface area contributed by atoms with Crippen LogP contribution < -0.4 is 4.90 Å². The van der Waals surface area contributed by atoms with Crippen LogP contribution in [0.25, 0.3) is 83.2 Å².